The van der Waals surface area contributed by atoms with Crippen LogP contribution >= 0.6 is 0 Å². The van der Waals surface area contributed by atoms with Gasteiger partial charge in [0.2, 0.25) is 0 Å². The van der Waals surface area contributed by atoms with Gasteiger partial charge in [0, 0.05) is 23.5 Å². The Bertz CT molecular complexity index is 873. The highest BCUT2D eigenvalue weighted by Gasteiger charge is 2.28. The summed E-state index contributed by atoms with van der Waals surface area (Å²) in [7, 11) is 0. The molecule has 0 unspecified atom stereocenters. The number of oxime groups is 1. The van der Waals surface area contributed by atoms with E-state index in [0.717, 1.165) is 16.5 Å². The Hall–Kier alpha value is -3.36. The molecule has 0 aliphatic carbocycles. The fourth-order valence-corrected chi connectivity index (χ4v) is 2.68. The van der Waals surface area contributed by atoms with Crippen molar-refractivity contribution in [2.24, 2.45) is 5.16 Å². The van der Waals surface area contributed by atoms with E-state index in [1.165, 1.54) is 0 Å². The number of fused-ring (bicyclic) bond motifs is 1. The summed E-state index contributed by atoms with van der Waals surface area (Å²) in [6.07, 6.45) is 1.36. The maximum absolute atomic E-state index is 12.5. The van der Waals surface area contributed by atoms with Crippen LogP contribution in [0.3, 0.4) is 0 Å². The molecular formula is C19H23N3O6. The smallest absolute Gasteiger partial charge is 0.329 e. The minimum atomic E-state index is -1.24. The lowest BCUT2D eigenvalue weighted by Crippen LogP contribution is -2.46. The molecule has 2 aromatic rings. The third kappa shape index (κ3) is 5.32. The number of carbonyl (C=O) groups excluding carboxylic acids is 3. The highest BCUT2D eigenvalue weighted by molar-refractivity contribution is 6.39. The third-order valence-electron chi connectivity index (χ3n) is 3.97. The third-order valence-corrected chi connectivity index (χ3v) is 3.97. The van der Waals surface area contributed by atoms with E-state index in [1.807, 2.05) is 24.3 Å². The second-order valence-corrected chi connectivity index (χ2v) is 5.87. The van der Waals surface area contributed by atoms with Crippen LogP contribution in [0.4, 0.5) is 0 Å². The van der Waals surface area contributed by atoms with Crippen LogP contribution in [0.1, 0.15) is 25.8 Å². The number of nitrogens with zero attached hydrogens (tertiary/aromatic N) is 1. The summed E-state index contributed by atoms with van der Waals surface area (Å²) < 4.78 is 9.71. The van der Waals surface area contributed by atoms with Crippen molar-refractivity contribution in [1.82, 2.24) is 10.3 Å². The number of carbonyl (C=O) groups is 3. The van der Waals surface area contributed by atoms with Gasteiger partial charge in [-0.25, -0.2) is 4.79 Å². The molecule has 1 aromatic heterocycles. The summed E-state index contributed by atoms with van der Waals surface area (Å²) in [5.74, 6) is -2.21. The van der Waals surface area contributed by atoms with E-state index in [1.54, 1.807) is 20.0 Å². The number of nitrogens with one attached hydrogen (secondary N) is 2. The minimum absolute atomic E-state index is 0.0291. The molecule has 2 rings (SSSR count). The van der Waals surface area contributed by atoms with Crippen molar-refractivity contribution in [3.8, 4) is 0 Å². The Labute approximate surface area is 161 Å². The molecule has 0 fully saturated rings. The standard InChI is InChI=1S/C19H23N3O6/c1-3-27-17(23)10-16(19(25)28-4-2)21-18(24)15(22-26)9-12-11-20-14-8-6-5-7-13(12)14/h5-8,11,16,20,26H,3-4,9-10H2,1-2H3,(H,21,24)/b22-15-/t16-/m0/s1. The molecule has 1 atom stereocenters. The molecule has 0 spiro atoms. The fraction of sp³-hybridized carbons (Fsp3) is 0.368. The molecule has 0 saturated carbocycles. The summed E-state index contributed by atoms with van der Waals surface area (Å²) in [4.78, 5) is 39.4. The molecule has 0 saturated heterocycles. The highest BCUT2D eigenvalue weighted by atomic mass is 16.5. The number of amides is 1. The van der Waals surface area contributed by atoms with Crippen molar-refractivity contribution in [3.63, 3.8) is 0 Å². The lowest BCUT2D eigenvalue weighted by atomic mass is 10.1. The molecule has 1 amide bonds. The Balaban J connectivity index is 2.12. The maximum atomic E-state index is 12.5. The van der Waals surface area contributed by atoms with E-state index in [9.17, 15) is 19.6 Å². The predicted octanol–water partition coefficient (Wildman–Crippen LogP) is 1.54. The molecule has 3 N–H and O–H groups in total. The molecule has 150 valence electrons. The average molecular weight is 389 g/mol. The minimum Gasteiger partial charge on any atom is -0.466 e. The lowest BCUT2D eigenvalue weighted by molar-refractivity contribution is -0.152. The van der Waals surface area contributed by atoms with E-state index in [-0.39, 0.29) is 31.8 Å². The van der Waals surface area contributed by atoms with Gasteiger partial charge in [-0.05, 0) is 25.5 Å². The van der Waals surface area contributed by atoms with Gasteiger partial charge in [-0.15, -0.1) is 0 Å². The lowest BCUT2D eigenvalue weighted by Gasteiger charge is -2.16. The average Bonchev–Trinajstić information content (AvgIpc) is 3.08. The first-order valence-corrected chi connectivity index (χ1v) is 8.89. The monoisotopic (exact) mass is 389 g/mol. The molecular weight excluding hydrogens is 366 g/mol. The van der Waals surface area contributed by atoms with Crippen LogP contribution in [0.25, 0.3) is 10.9 Å². The van der Waals surface area contributed by atoms with Gasteiger partial charge in [0.05, 0.1) is 19.6 Å². The number of ether oxygens (including phenoxy) is 2. The number of para-hydroxylation sites is 1. The number of hydrogen-bond acceptors (Lipinski definition) is 7. The van der Waals surface area contributed by atoms with Gasteiger partial charge in [0.15, 0.2) is 0 Å². The molecule has 28 heavy (non-hydrogen) atoms. The maximum Gasteiger partial charge on any atom is 0.329 e. The van der Waals surface area contributed by atoms with Gasteiger partial charge in [-0.1, -0.05) is 23.4 Å². The first-order valence-electron chi connectivity index (χ1n) is 8.89. The van der Waals surface area contributed by atoms with Gasteiger partial charge in [0.25, 0.3) is 5.91 Å². The summed E-state index contributed by atoms with van der Waals surface area (Å²) in [5, 5.41) is 15.6. The zero-order valence-corrected chi connectivity index (χ0v) is 15.7. The van der Waals surface area contributed by atoms with Gasteiger partial charge in [-0.2, -0.15) is 0 Å². The van der Waals surface area contributed by atoms with Crippen molar-refractivity contribution in [2.45, 2.75) is 32.7 Å². The largest absolute Gasteiger partial charge is 0.466 e. The Morgan fingerprint density at radius 3 is 2.57 bits per heavy atom. The molecule has 0 bridgehead atoms. The quantitative estimate of drug-likeness (QED) is 0.258. The van der Waals surface area contributed by atoms with Crippen LogP contribution < -0.4 is 5.32 Å². The number of hydrogen-bond donors (Lipinski definition) is 3. The second kappa shape index (κ2) is 10.1. The number of H-pyrrole nitrogens is 1. The van der Waals surface area contributed by atoms with Crippen LogP contribution in [-0.2, 0) is 30.3 Å². The summed E-state index contributed by atoms with van der Waals surface area (Å²) in [5.41, 5.74) is 1.42. The van der Waals surface area contributed by atoms with Gasteiger partial charge >= 0.3 is 11.9 Å². The van der Waals surface area contributed by atoms with Crippen molar-refractivity contribution in [1.29, 1.82) is 0 Å². The molecule has 9 heteroatoms. The van der Waals surface area contributed by atoms with Crippen molar-refractivity contribution in [2.75, 3.05) is 13.2 Å². The van der Waals surface area contributed by atoms with Crippen LogP contribution in [0.15, 0.2) is 35.6 Å². The summed E-state index contributed by atoms with van der Waals surface area (Å²) in [6.45, 7) is 3.48. The SMILES string of the molecule is CCOC(=O)C[C@H](NC(=O)/C(Cc1c[nH]c2ccccc12)=N\O)C(=O)OCC. The van der Waals surface area contributed by atoms with E-state index in [4.69, 9.17) is 9.47 Å². The van der Waals surface area contributed by atoms with E-state index in [2.05, 4.69) is 15.5 Å². The van der Waals surface area contributed by atoms with E-state index >= 15 is 0 Å². The number of esters is 2. The predicted molar refractivity (Wildman–Crippen MR) is 101 cm³/mol. The molecule has 0 aliphatic heterocycles. The zero-order chi connectivity index (χ0) is 20.5. The molecule has 0 aliphatic rings. The number of aromatic nitrogens is 1. The number of rotatable bonds is 9. The molecule has 1 aromatic carbocycles. The van der Waals surface area contributed by atoms with Crippen LogP contribution in [-0.4, -0.2) is 53.0 Å². The van der Waals surface area contributed by atoms with E-state index in [0.29, 0.717) is 0 Å². The summed E-state index contributed by atoms with van der Waals surface area (Å²) in [6, 6.07) is 6.23. The van der Waals surface area contributed by atoms with Gasteiger partial charge < -0.3 is 25.0 Å². The second-order valence-electron chi connectivity index (χ2n) is 5.87. The van der Waals surface area contributed by atoms with Crippen LogP contribution in [0, 0.1) is 0 Å². The van der Waals surface area contributed by atoms with Crippen molar-refractivity contribution < 1.29 is 29.1 Å². The van der Waals surface area contributed by atoms with Gasteiger partial charge in [-0.3, -0.25) is 9.59 Å². The van der Waals surface area contributed by atoms with Crippen molar-refractivity contribution >= 4 is 34.5 Å². The number of benzene rings is 1. The molecule has 1 heterocycles. The Morgan fingerprint density at radius 2 is 1.89 bits per heavy atom. The first-order chi connectivity index (χ1) is 13.5. The van der Waals surface area contributed by atoms with E-state index < -0.39 is 23.9 Å². The van der Waals surface area contributed by atoms with Crippen LogP contribution in [0.2, 0.25) is 0 Å². The zero-order valence-electron chi connectivity index (χ0n) is 15.7. The Morgan fingerprint density at radius 1 is 1.18 bits per heavy atom. The fourth-order valence-electron chi connectivity index (χ4n) is 2.68. The summed E-state index contributed by atoms with van der Waals surface area (Å²) >= 11 is 0. The van der Waals surface area contributed by atoms with Crippen LogP contribution in [0.5, 0.6) is 0 Å². The topological polar surface area (TPSA) is 130 Å². The van der Waals surface area contributed by atoms with Crippen molar-refractivity contribution in [3.05, 3.63) is 36.0 Å². The van der Waals surface area contributed by atoms with Gasteiger partial charge in [0.1, 0.15) is 11.8 Å². The first kappa shape index (κ1) is 20.9. The molecule has 9 nitrogen and oxygen atoms in total. The Kier molecular flexibility index (Phi) is 7.55. The highest BCUT2D eigenvalue weighted by Crippen LogP contribution is 2.18. The molecule has 0 radical (unpaired) electrons. The number of aromatic amines is 1. The normalized spacial score (nSPS) is 12.4.